The molecule has 0 saturated heterocycles. The summed E-state index contributed by atoms with van der Waals surface area (Å²) >= 11 is 6.76. The van der Waals surface area contributed by atoms with E-state index in [4.69, 9.17) is 4.42 Å². The van der Waals surface area contributed by atoms with Crippen molar-refractivity contribution in [3.8, 4) is 0 Å². The van der Waals surface area contributed by atoms with Crippen LogP contribution >= 0.6 is 31.9 Å². The Kier molecular flexibility index (Phi) is 2.98. The number of hydrogen-bond donors (Lipinski definition) is 0. The van der Waals surface area contributed by atoms with E-state index in [0.717, 1.165) is 16.7 Å². The molecule has 0 radical (unpaired) electrons. The van der Waals surface area contributed by atoms with E-state index in [9.17, 15) is 0 Å². The molecule has 0 aliphatic heterocycles. The summed E-state index contributed by atoms with van der Waals surface area (Å²) < 4.78 is 6.21. The van der Waals surface area contributed by atoms with E-state index in [1.54, 1.807) is 6.26 Å². The number of halogens is 2. The highest BCUT2D eigenvalue weighted by atomic mass is 79.9. The summed E-state index contributed by atoms with van der Waals surface area (Å²) in [5, 5.41) is 0. The summed E-state index contributed by atoms with van der Waals surface area (Å²) in [6.07, 6.45) is 2.64. The summed E-state index contributed by atoms with van der Waals surface area (Å²) in [7, 11) is 0. The van der Waals surface area contributed by atoms with Crippen molar-refractivity contribution in [2.45, 2.75) is 18.2 Å². The minimum Gasteiger partial charge on any atom is -0.468 e. The Bertz CT molecular complexity index is 205. The average molecular weight is 268 g/mol. The molecule has 0 spiro atoms. The molecule has 0 saturated carbocycles. The molecular weight excluding hydrogens is 260 g/mol. The maximum atomic E-state index is 5.20. The molecule has 3 heteroatoms. The molecule has 0 aromatic carbocycles. The van der Waals surface area contributed by atoms with Crippen molar-refractivity contribution in [3.63, 3.8) is 0 Å². The molecule has 0 aliphatic carbocycles. The van der Waals surface area contributed by atoms with Crippen molar-refractivity contribution in [1.82, 2.24) is 0 Å². The highest BCUT2D eigenvalue weighted by molar-refractivity contribution is 9.10. The summed E-state index contributed by atoms with van der Waals surface area (Å²) in [4.78, 5) is 0.477. The first-order chi connectivity index (χ1) is 4.68. The van der Waals surface area contributed by atoms with Gasteiger partial charge in [0.2, 0.25) is 0 Å². The molecule has 0 fully saturated rings. The first-order valence-corrected chi connectivity index (χ1v) is 4.76. The van der Waals surface area contributed by atoms with Crippen LogP contribution in [0.4, 0.5) is 0 Å². The zero-order chi connectivity index (χ0) is 7.56. The van der Waals surface area contributed by atoms with Gasteiger partial charge >= 0.3 is 0 Å². The third kappa shape index (κ3) is 2.46. The number of alkyl halides is 1. The van der Waals surface area contributed by atoms with Crippen LogP contribution in [0.15, 0.2) is 21.2 Å². The van der Waals surface area contributed by atoms with Gasteiger partial charge in [-0.3, -0.25) is 0 Å². The van der Waals surface area contributed by atoms with Gasteiger partial charge in [-0.25, -0.2) is 0 Å². The predicted molar refractivity (Wildman–Crippen MR) is 48.5 cm³/mol. The van der Waals surface area contributed by atoms with Crippen LogP contribution in [0.25, 0.3) is 0 Å². The molecule has 1 unspecified atom stereocenters. The summed E-state index contributed by atoms with van der Waals surface area (Å²) in [6.45, 7) is 2.09. The van der Waals surface area contributed by atoms with Crippen LogP contribution < -0.4 is 0 Å². The first-order valence-electron chi connectivity index (χ1n) is 3.05. The molecule has 0 amide bonds. The monoisotopic (exact) mass is 266 g/mol. The SMILES string of the molecule is CC(Br)Cc1cc(Br)co1. The standard InChI is InChI=1S/C7H8Br2O/c1-5(8)2-7-3-6(9)4-10-7/h3-5H,2H2,1H3. The van der Waals surface area contributed by atoms with Gasteiger partial charge in [0.25, 0.3) is 0 Å². The van der Waals surface area contributed by atoms with E-state index >= 15 is 0 Å². The molecule has 56 valence electrons. The second-order valence-electron chi connectivity index (χ2n) is 2.22. The largest absolute Gasteiger partial charge is 0.468 e. The summed E-state index contributed by atoms with van der Waals surface area (Å²) in [5.74, 6) is 1.01. The smallest absolute Gasteiger partial charge is 0.106 e. The molecular formula is C7H8Br2O. The topological polar surface area (TPSA) is 13.1 Å². The lowest BCUT2D eigenvalue weighted by atomic mass is 10.3. The Morgan fingerprint density at radius 3 is 2.80 bits per heavy atom. The van der Waals surface area contributed by atoms with E-state index in [1.807, 2.05) is 6.07 Å². The van der Waals surface area contributed by atoms with Gasteiger partial charge in [-0.1, -0.05) is 22.9 Å². The van der Waals surface area contributed by atoms with Gasteiger partial charge in [0.05, 0.1) is 4.47 Å². The van der Waals surface area contributed by atoms with Crippen molar-refractivity contribution in [2.24, 2.45) is 0 Å². The van der Waals surface area contributed by atoms with Crippen LogP contribution in [-0.2, 0) is 6.42 Å². The lowest BCUT2D eigenvalue weighted by molar-refractivity contribution is 0.508. The highest BCUT2D eigenvalue weighted by Gasteiger charge is 2.02. The van der Waals surface area contributed by atoms with E-state index in [1.165, 1.54) is 0 Å². The van der Waals surface area contributed by atoms with Gasteiger partial charge in [-0.15, -0.1) is 0 Å². The second kappa shape index (κ2) is 3.58. The molecule has 1 rings (SSSR count). The van der Waals surface area contributed by atoms with Crippen molar-refractivity contribution < 1.29 is 4.42 Å². The molecule has 1 nitrogen and oxygen atoms in total. The lowest BCUT2D eigenvalue weighted by Crippen LogP contribution is -1.93. The van der Waals surface area contributed by atoms with E-state index in [0.29, 0.717) is 4.83 Å². The van der Waals surface area contributed by atoms with Crippen molar-refractivity contribution >= 4 is 31.9 Å². The van der Waals surface area contributed by atoms with E-state index in [2.05, 4.69) is 38.8 Å². The number of furan rings is 1. The molecule has 1 heterocycles. The Labute approximate surface area is 77.1 Å². The van der Waals surface area contributed by atoms with E-state index in [-0.39, 0.29) is 0 Å². The molecule has 1 aromatic rings. The maximum Gasteiger partial charge on any atom is 0.106 e. The van der Waals surface area contributed by atoms with Crippen molar-refractivity contribution in [1.29, 1.82) is 0 Å². The van der Waals surface area contributed by atoms with Crippen LogP contribution in [-0.4, -0.2) is 4.83 Å². The second-order valence-corrected chi connectivity index (χ2v) is 4.69. The number of hydrogen-bond acceptors (Lipinski definition) is 1. The Hall–Kier alpha value is 0.240. The van der Waals surface area contributed by atoms with Gasteiger partial charge < -0.3 is 4.42 Å². The zero-order valence-corrected chi connectivity index (χ0v) is 8.78. The molecule has 0 bridgehead atoms. The molecule has 0 N–H and O–H groups in total. The normalized spacial score (nSPS) is 13.5. The number of rotatable bonds is 2. The van der Waals surface area contributed by atoms with Gasteiger partial charge in [-0.2, -0.15) is 0 Å². The Morgan fingerprint density at radius 1 is 1.70 bits per heavy atom. The van der Waals surface area contributed by atoms with Crippen LogP contribution in [0.3, 0.4) is 0 Å². The molecule has 1 aromatic heterocycles. The van der Waals surface area contributed by atoms with Crippen LogP contribution in [0.1, 0.15) is 12.7 Å². The predicted octanol–water partition coefficient (Wildman–Crippen LogP) is 3.37. The third-order valence-electron chi connectivity index (χ3n) is 1.10. The molecule has 0 aliphatic rings. The Morgan fingerprint density at radius 2 is 2.40 bits per heavy atom. The first kappa shape index (κ1) is 8.34. The average Bonchev–Trinajstić information content (AvgIpc) is 2.13. The highest BCUT2D eigenvalue weighted by Crippen LogP contribution is 2.17. The molecule has 10 heavy (non-hydrogen) atoms. The summed E-state index contributed by atoms with van der Waals surface area (Å²) in [6, 6.07) is 1.98. The van der Waals surface area contributed by atoms with Crippen molar-refractivity contribution in [3.05, 3.63) is 22.6 Å². The third-order valence-corrected chi connectivity index (χ3v) is 1.84. The quantitative estimate of drug-likeness (QED) is 0.749. The van der Waals surface area contributed by atoms with Crippen LogP contribution in [0, 0.1) is 0 Å². The van der Waals surface area contributed by atoms with E-state index < -0.39 is 0 Å². The van der Waals surface area contributed by atoms with Gasteiger partial charge in [0.1, 0.15) is 12.0 Å². The van der Waals surface area contributed by atoms with Crippen LogP contribution in [0.2, 0.25) is 0 Å². The molecule has 1 atom stereocenters. The lowest BCUT2D eigenvalue weighted by Gasteiger charge is -1.96. The minimum atomic E-state index is 0.477. The fourth-order valence-corrected chi connectivity index (χ4v) is 1.41. The maximum absolute atomic E-state index is 5.20. The fourth-order valence-electron chi connectivity index (χ4n) is 0.738. The minimum absolute atomic E-state index is 0.477. The van der Waals surface area contributed by atoms with Crippen LogP contribution in [0.5, 0.6) is 0 Å². The van der Waals surface area contributed by atoms with Gasteiger partial charge in [0.15, 0.2) is 0 Å². The van der Waals surface area contributed by atoms with Gasteiger partial charge in [-0.05, 0) is 22.0 Å². The fraction of sp³-hybridized carbons (Fsp3) is 0.429. The van der Waals surface area contributed by atoms with Gasteiger partial charge in [0, 0.05) is 11.2 Å². The zero-order valence-electron chi connectivity index (χ0n) is 5.60. The summed E-state index contributed by atoms with van der Waals surface area (Å²) in [5.41, 5.74) is 0. The Balaban J connectivity index is 2.58. The van der Waals surface area contributed by atoms with Crippen molar-refractivity contribution in [2.75, 3.05) is 0 Å².